The van der Waals surface area contributed by atoms with E-state index in [1.807, 2.05) is 13.1 Å². The summed E-state index contributed by atoms with van der Waals surface area (Å²) < 4.78 is 14.6. The van der Waals surface area contributed by atoms with E-state index in [2.05, 4.69) is 35.1 Å². The summed E-state index contributed by atoms with van der Waals surface area (Å²) in [4.78, 5) is 0. The van der Waals surface area contributed by atoms with Crippen LogP contribution in [-0.2, 0) is 0 Å². The van der Waals surface area contributed by atoms with Gasteiger partial charge in [0.1, 0.15) is 5.82 Å². The van der Waals surface area contributed by atoms with E-state index in [-0.39, 0.29) is 11.7 Å². The largest absolute Gasteiger partial charge is 0.319 e. The average Bonchev–Trinajstić information content (AvgIpc) is 2.18. The Morgan fingerprint density at radius 2 is 2.07 bits per heavy atom. The van der Waals surface area contributed by atoms with Crippen molar-refractivity contribution in [2.45, 2.75) is 19.8 Å². The molecule has 1 rings (SSSR count). The highest BCUT2D eigenvalue weighted by Gasteiger charge is 2.18. The van der Waals surface area contributed by atoms with E-state index in [0.717, 1.165) is 16.6 Å². The molecule has 1 N–H and O–H groups in total. The summed E-state index contributed by atoms with van der Waals surface area (Å²) in [7, 11) is 1.89. The van der Waals surface area contributed by atoms with Gasteiger partial charge in [0.25, 0.3) is 0 Å². The summed E-state index contributed by atoms with van der Waals surface area (Å²) in [6.45, 7) is 5.02. The third-order valence-corrected chi connectivity index (χ3v) is 3.08. The molecular formula is C12H17BrFN. The summed E-state index contributed by atoms with van der Waals surface area (Å²) in [5.74, 6) is 0.515. The Balaban J connectivity index is 3.04. The lowest BCUT2D eigenvalue weighted by Crippen LogP contribution is -2.22. The van der Waals surface area contributed by atoms with Gasteiger partial charge in [0, 0.05) is 16.9 Å². The molecule has 0 heterocycles. The van der Waals surface area contributed by atoms with E-state index in [1.54, 1.807) is 6.07 Å². The molecule has 0 saturated heterocycles. The molecule has 84 valence electrons. The molecule has 3 heteroatoms. The number of likely N-dealkylation sites (N-methyl/N-ethyl adjacent to an activating group) is 1. The van der Waals surface area contributed by atoms with Crippen LogP contribution in [0.1, 0.15) is 25.3 Å². The first-order valence-electron chi connectivity index (χ1n) is 5.15. The smallest absolute Gasteiger partial charge is 0.126 e. The van der Waals surface area contributed by atoms with Gasteiger partial charge in [0.05, 0.1) is 0 Å². The van der Waals surface area contributed by atoms with Gasteiger partial charge in [-0.2, -0.15) is 0 Å². The predicted octanol–water partition coefficient (Wildman–Crippen LogP) is 3.55. The van der Waals surface area contributed by atoms with Crippen molar-refractivity contribution in [3.63, 3.8) is 0 Å². The van der Waals surface area contributed by atoms with Crippen LogP contribution in [0.4, 0.5) is 4.39 Å². The minimum atomic E-state index is -0.118. The highest BCUT2D eigenvalue weighted by atomic mass is 79.9. The molecule has 1 atom stereocenters. The van der Waals surface area contributed by atoms with Crippen LogP contribution in [0.25, 0.3) is 0 Å². The molecule has 1 aromatic carbocycles. The first-order valence-corrected chi connectivity index (χ1v) is 5.95. The van der Waals surface area contributed by atoms with Crippen molar-refractivity contribution < 1.29 is 4.39 Å². The number of rotatable bonds is 4. The summed E-state index contributed by atoms with van der Waals surface area (Å²) in [6, 6.07) is 5.12. The zero-order chi connectivity index (χ0) is 11.4. The lowest BCUT2D eigenvalue weighted by Gasteiger charge is -2.21. The predicted molar refractivity (Wildman–Crippen MR) is 65.6 cm³/mol. The SMILES string of the molecule is CNCC(c1cc(Br)ccc1F)C(C)C. The molecule has 0 spiro atoms. The van der Waals surface area contributed by atoms with Crippen LogP contribution >= 0.6 is 15.9 Å². The summed E-state index contributed by atoms with van der Waals surface area (Å²) in [6.07, 6.45) is 0. The van der Waals surface area contributed by atoms with Crippen LogP contribution in [0.3, 0.4) is 0 Å². The summed E-state index contributed by atoms with van der Waals surface area (Å²) in [5, 5.41) is 3.11. The van der Waals surface area contributed by atoms with Crippen molar-refractivity contribution >= 4 is 15.9 Å². The first kappa shape index (κ1) is 12.7. The van der Waals surface area contributed by atoms with Gasteiger partial charge in [0.2, 0.25) is 0 Å². The molecule has 0 aliphatic rings. The third kappa shape index (κ3) is 3.28. The Hall–Kier alpha value is -0.410. The fourth-order valence-electron chi connectivity index (χ4n) is 1.72. The zero-order valence-corrected chi connectivity index (χ0v) is 10.9. The van der Waals surface area contributed by atoms with Crippen LogP contribution in [0.2, 0.25) is 0 Å². The van der Waals surface area contributed by atoms with E-state index < -0.39 is 0 Å². The molecule has 0 aliphatic heterocycles. The minimum absolute atomic E-state index is 0.118. The van der Waals surface area contributed by atoms with Crippen molar-refractivity contribution in [3.8, 4) is 0 Å². The van der Waals surface area contributed by atoms with Crippen LogP contribution in [0.5, 0.6) is 0 Å². The number of hydrogen-bond donors (Lipinski definition) is 1. The van der Waals surface area contributed by atoms with Crippen LogP contribution in [0, 0.1) is 11.7 Å². The fraction of sp³-hybridized carbons (Fsp3) is 0.500. The molecule has 0 bridgehead atoms. The topological polar surface area (TPSA) is 12.0 Å². The summed E-state index contributed by atoms with van der Waals surface area (Å²) >= 11 is 3.38. The van der Waals surface area contributed by atoms with Gasteiger partial charge in [-0.25, -0.2) is 4.39 Å². The highest BCUT2D eigenvalue weighted by Crippen LogP contribution is 2.28. The number of nitrogens with one attached hydrogen (secondary N) is 1. The molecule has 1 aromatic rings. The molecule has 0 saturated carbocycles. The highest BCUT2D eigenvalue weighted by molar-refractivity contribution is 9.10. The monoisotopic (exact) mass is 273 g/mol. The van der Waals surface area contributed by atoms with Crippen molar-refractivity contribution in [2.24, 2.45) is 5.92 Å². The van der Waals surface area contributed by atoms with Gasteiger partial charge in [0.15, 0.2) is 0 Å². The van der Waals surface area contributed by atoms with Gasteiger partial charge in [-0.3, -0.25) is 0 Å². The molecule has 0 fully saturated rings. The lowest BCUT2D eigenvalue weighted by atomic mass is 9.88. The Bertz CT molecular complexity index is 325. The van der Waals surface area contributed by atoms with Gasteiger partial charge in [-0.05, 0) is 36.7 Å². The van der Waals surface area contributed by atoms with E-state index in [1.165, 1.54) is 6.07 Å². The van der Waals surface area contributed by atoms with E-state index in [9.17, 15) is 4.39 Å². The molecule has 0 amide bonds. The van der Waals surface area contributed by atoms with Gasteiger partial charge in [-0.1, -0.05) is 29.8 Å². The fourth-order valence-corrected chi connectivity index (χ4v) is 2.10. The third-order valence-electron chi connectivity index (χ3n) is 2.59. The molecule has 1 nitrogen and oxygen atoms in total. The standard InChI is InChI=1S/C12H17BrFN/c1-8(2)11(7-15-3)10-6-9(13)4-5-12(10)14/h4-6,8,11,15H,7H2,1-3H3. The maximum Gasteiger partial charge on any atom is 0.126 e. The Morgan fingerprint density at radius 3 is 2.60 bits per heavy atom. The second-order valence-electron chi connectivity index (χ2n) is 4.07. The van der Waals surface area contributed by atoms with Crippen molar-refractivity contribution in [2.75, 3.05) is 13.6 Å². The molecule has 0 aromatic heterocycles. The van der Waals surface area contributed by atoms with E-state index in [0.29, 0.717) is 5.92 Å². The zero-order valence-electron chi connectivity index (χ0n) is 9.35. The molecule has 0 radical (unpaired) electrons. The number of benzene rings is 1. The Morgan fingerprint density at radius 1 is 1.40 bits per heavy atom. The quantitative estimate of drug-likeness (QED) is 0.885. The second kappa shape index (κ2) is 5.61. The maximum absolute atomic E-state index is 13.7. The van der Waals surface area contributed by atoms with E-state index >= 15 is 0 Å². The Labute approximate surface area is 99.2 Å². The Kier molecular flexibility index (Phi) is 4.74. The molecular weight excluding hydrogens is 257 g/mol. The molecule has 0 aliphatic carbocycles. The number of hydrogen-bond acceptors (Lipinski definition) is 1. The van der Waals surface area contributed by atoms with Crippen LogP contribution in [-0.4, -0.2) is 13.6 Å². The number of halogens is 2. The van der Waals surface area contributed by atoms with Gasteiger partial charge >= 0.3 is 0 Å². The maximum atomic E-state index is 13.7. The van der Waals surface area contributed by atoms with Gasteiger partial charge in [-0.15, -0.1) is 0 Å². The first-order chi connectivity index (χ1) is 7.06. The second-order valence-corrected chi connectivity index (χ2v) is 4.99. The van der Waals surface area contributed by atoms with E-state index in [4.69, 9.17) is 0 Å². The van der Waals surface area contributed by atoms with Crippen molar-refractivity contribution in [3.05, 3.63) is 34.1 Å². The average molecular weight is 274 g/mol. The minimum Gasteiger partial charge on any atom is -0.319 e. The molecule has 1 unspecified atom stereocenters. The normalized spacial score (nSPS) is 13.2. The van der Waals surface area contributed by atoms with Crippen molar-refractivity contribution in [1.29, 1.82) is 0 Å². The van der Waals surface area contributed by atoms with Crippen LogP contribution < -0.4 is 5.32 Å². The molecule has 15 heavy (non-hydrogen) atoms. The summed E-state index contributed by atoms with van der Waals surface area (Å²) in [5.41, 5.74) is 0.786. The van der Waals surface area contributed by atoms with Gasteiger partial charge < -0.3 is 5.32 Å². The lowest BCUT2D eigenvalue weighted by molar-refractivity contribution is 0.456. The van der Waals surface area contributed by atoms with Crippen LogP contribution in [0.15, 0.2) is 22.7 Å². The van der Waals surface area contributed by atoms with Crippen molar-refractivity contribution in [1.82, 2.24) is 5.32 Å².